The quantitative estimate of drug-likeness (QED) is 0.249. The van der Waals surface area contributed by atoms with E-state index < -0.39 is 17.9 Å². The van der Waals surface area contributed by atoms with Crippen molar-refractivity contribution in [2.75, 3.05) is 0 Å². The van der Waals surface area contributed by atoms with E-state index in [1.807, 2.05) is 0 Å². The van der Waals surface area contributed by atoms with Crippen molar-refractivity contribution in [3.8, 4) is 0 Å². The predicted molar refractivity (Wildman–Crippen MR) is 107 cm³/mol. The topological polar surface area (TPSA) is 74.6 Å². The summed E-state index contributed by atoms with van der Waals surface area (Å²) in [6.07, 6.45) is 17.9. The summed E-state index contributed by atoms with van der Waals surface area (Å²) < 4.78 is 0. The van der Waals surface area contributed by atoms with Crippen LogP contribution in [0.1, 0.15) is 117 Å². The van der Waals surface area contributed by atoms with Crippen LogP contribution in [0.4, 0.5) is 0 Å². The summed E-state index contributed by atoms with van der Waals surface area (Å²) in [4.78, 5) is 21.6. The molecule has 0 aromatic rings. The van der Waals surface area contributed by atoms with Crippen LogP contribution in [0.5, 0.6) is 0 Å². The standard InChI is InChI=1S/C22H42O4/c1-3-4-5-9-12-15-19(2)16-13-10-7-6-8-11-14-17-20(22(25)26)18-21(23)24/h19-20H,3-18H2,1-2H3,(H,23,24)(H,25,26). The summed E-state index contributed by atoms with van der Waals surface area (Å²) in [6.45, 7) is 4.64. The van der Waals surface area contributed by atoms with Crippen molar-refractivity contribution in [2.45, 2.75) is 117 Å². The molecule has 0 aliphatic rings. The molecule has 0 bridgehead atoms. The number of hydrogen-bond donors (Lipinski definition) is 2. The number of aliphatic carboxylic acids is 2. The number of carbonyl (C=O) groups is 2. The van der Waals surface area contributed by atoms with E-state index >= 15 is 0 Å². The molecular weight excluding hydrogens is 328 g/mol. The lowest BCUT2D eigenvalue weighted by Crippen LogP contribution is -2.17. The summed E-state index contributed by atoms with van der Waals surface area (Å²) in [5.41, 5.74) is 0. The lowest BCUT2D eigenvalue weighted by atomic mass is 9.95. The van der Waals surface area contributed by atoms with Crippen molar-refractivity contribution in [2.24, 2.45) is 11.8 Å². The van der Waals surface area contributed by atoms with E-state index in [1.54, 1.807) is 0 Å². The van der Waals surface area contributed by atoms with Crippen LogP contribution in [0.25, 0.3) is 0 Å². The van der Waals surface area contributed by atoms with Gasteiger partial charge in [-0.3, -0.25) is 9.59 Å². The minimum atomic E-state index is -1.02. The number of hydrogen-bond acceptors (Lipinski definition) is 2. The molecule has 0 heterocycles. The summed E-state index contributed by atoms with van der Waals surface area (Å²) in [5, 5.41) is 17.7. The Morgan fingerprint density at radius 1 is 0.692 bits per heavy atom. The van der Waals surface area contributed by atoms with Crippen LogP contribution < -0.4 is 0 Å². The highest BCUT2D eigenvalue weighted by atomic mass is 16.4. The van der Waals surface area contributed by atoms with Crippen LogP contribution in [-0.2, 0) is 9.59 Å². The maximum absolute atomic E-state index is 11.0. The van der Waals surface area contributed by atoms with Crippen molar-refractivity contribution in [1.82, 2.24) is 0 Å². The van der Waals surface area contributed by atoms with Crippen molar-refractivity contribution in [1.29, 1.82) is 0 Å². The molecule has 0 saturated heterocycles. The Morgan fingerprint density at radius 2 is 1.12 bits per heavy atom. The van der Waals surface area contributed by atoms with Gasteiger partial charge < -0.3 is 10.2 Å². The fourth-order valence-electron chi connectivity index (χ4n) is 3.53. The highest BCUT2D eigenvalue weighted by Gasteiger charge is 2.20. The highest BCUT2D eigenvalue weighted by Crippen LogP contribution is 2.19. The molecule has 0 rings (SSSR count). The first kappa shape index (κ1) is 24.9. The van der Waals surface area contributed by atoms with Crippen LogP contribution in [0.2, 0.25) is 0 Å². The van der Waals surface area contributed by atoms with Crippen LogP contribution in [0, 0.1) is 11.8 Å². The molecule has 2 unspecified atom stereocenters. The van der Waals surface area contributed by atoms with E-state index in [2.05, 4.69) is 13.8 Å². The van der Waals surface area contributed by atoms with Gasteiger partial charge in [0, 0.05) is 0 Å². The third-order valence-electron chi connectivity index (χ3n) is 5.32. The molecule has 0 spiro atoms. The van der Waals surface area contributed by atoms with Gasteiger partial charge in [0.25, 0.3) is 0 Å². The first-order valence-electron chi connectivity index (χ1n) is 10.9. The van der Waals surface area contributed by atoms with Crippen LogP contribution >= 0.6 is 0 Å². The summed E-state index contributed by atoms with van der Waals surface area (Å²) in [7, 11) is 0. The molecule has 2 atom stereocenters. The first-order chi connectivity index (χ1) is 12.5. The van der Waals surface area contributed by atoms with E-state index in [-0.39, 0.29) is 6.42 Å². The predicted octanol–water partition coefficient (Wildman–Crippen LogP) is 6.67. The molecule has 0 radical (unpaired) electrons. The van der Waals surface area contributed by atoms with Crippen LogP contribution in [0.15, 0.2) is 0 Å². The van der Waals surface area contributed by atoms with Gasteiger partial charge in [-0.2, -0.15) is 0 Å². The maximum Gasteiger partial charge on any atom is 0.307 e. The molecule has 4 heteroatoms. The van der Waals surface area contributed by atoms with Crippen molar-refractivity contribution in [3.63, 3.8) is 0 Å². The summed E-state index contributed by atoms with van der Waals surface area (Å²) in [5.74, 6) is -1.87. The minimum absolute atomic E-state index is 0.258. The van der Waals surface area contributed by atoms with Gasteiger partial charge in [-0.15, -0.1) is 0 Å². The van der Waals surface area contributed by atoms with Gasteiger partial charge in [0.15, 0.2) is 0 Å². The van der Waals surface area contributed by atoms with Crippen LogP contribution in [-0.4, -0.2) is 22.2 Å². The Kier molecular flexibility index (Phi) is 16.7. The van der Waals surface area contributed by atoms with Gasteiger partial charge in [0.05, 0.1) is 12.3 Å². The third-order valence-corrected chi connectivity index (χ3v) is 5.32. The molecule has 154 valence electrons. The summed E-state index contributed by atoms with van der Waals surface area (Å²) >= 11 is 0. The maximum atomic E-state index is 11.0. The second-order valence-electron chi connectivity index (χ2n) is 7.99. The third kappa shape index (κ3) is 16.4. The zero-order valence-electron chi connectivity index (χ0n) is 17.2. The van der Waals surface area contributed by atoms with Gasteiger partial charge in [0.1, 0.15) is 0 Å². The normalized spacial score (nSPS) is 13.5. The van der Waals surface area contributed by atoms with Crippen molar-refractivity contribution < 1.29 is 19.8 Å². The fraction of sp³-hybridized carbons (Fsp3) is 0.909. The van der Waals surface area contributed by atoms with E-state index in [0.29, 0.717) is 6.42 Å². The SMILES string of the molecule is CCCCCCCC(C)CCCCCCCCCC(CC(=O)O)C(=O)O. The molecule has 0 saturated carbocycles. The Labute approximate surface area is 160 Å². The average Bonchev–Trinajstić information content (AvgIpc) is 2.58. The lowest BCUT2D eigenvalue weighted by molar-refractivity contribution is -0.148. The van der Waals surface area contributed by atoms with Gasteiger partial charge in [0.2, 0.25) is 0 Å². The minimum Gasteiger partial charge on any atom is -0.481 e. The Bertz CT molecular complexity index is 354. The second-order valence-corrected chi connectivity index (χ2v) is 7.99. The molecule has 4 nitrogen and oxygen atoms in total. The first-order valence-corrected chi connectivity index (χ1v) is 10.9. The Balaban J connectivity index is 3.42. The number of unbranched alkanes of at least 4 members (excludes halogenated alkanes) is 10. The van der Waals surface area contributed by atoms with Crippen molar-refractivity contribution >= 4 is 11.9 Å². The highest BCUT2D eigenvalue weighted by molar-refractivity contribution is 5.77. The van der Waals surface area contributed by atoms with Gasteiger partial charge in [-0.05, 0) is 12.3 Å². The van der Waals surface area contributed by atoms with E-state index in [1.165, 1.54) is 70.6 Å². The average molecular weight is 371 g/mol. The van der Waals surface area contributed by atoms with Gasteiger partial charge in [-0.25, -0.2) is 0 Å². The van der Waals surface area contributed by atoms with Gasteiger partial charge in [-0.1, -0.05) is 104 Å². The number of carboxylic acids is 2. The number of rotatable bonds is 19. The number of carboxylic acid groups (broad SMARTS) is 2. The largest absolute Gasteiger partial charge is 0.481 e. The molecule has 0 aliphatic heterocycles. The molecular formula is C22H42O4. The smallest absolute Gasteiger partial charge is 0.307 e. The van der Waals surface area contributed by atoms with E-state index in [0.717, 1.165) is 25.2 Å². The van der Waals surface area contributed by atoms with Gasteiger partial charge >= 0.3 is 11.9 Å². The Hall–Kier alpha value is -1.06. The van der Waals surface area contributed by atoms with Crippen molar-refractivity contribution in [3.05, 3.63) is 0 Å². The molecule has 0 fully saturated rings. The molecule has 0 aliphatic carbocycles. The molecule has 0 aromatic carbocycles. The Morgan fingerprint density at radius 3 is 1.54 bits per heavy atom. The second kappa shape index (κ2) is 17.4. The zero-order valence-corrected chi connectivity index (χ0v) is 17.2. The summed E-state index contributed by atoms with van der Waals surface area (Å²) in [6, 6.07) is 0. The van der Waals surface area contributed by atoms with E-state index in [9.17, 15) is 9.59 Å². The molecule has 0 aromatic heterocycles. The zero-order chi connectivity index (χ0) is 19.6. The monoisotopic (exact) mass is 370 g/mol. The van der Waals surface area contributed by atoms with E-state index in [4.69, 9.17) is 10.2 Å². The fourth-order valence-corrected chi connectivity index (χ4v) is 3.53. The molecule has 0 amide bonds. The lowest BCUT2D eigenvalue weighted by Gasteiger charge is -2.11. The molecule has 26 heavy (non-hydrogen) atoms. The van der Waals surface area contributed by atoms with Crippen LogP contribution in [0.3, 0.4) is 0 Å². The molecule has 2 N–H and O–H groups in total.